The van der Waals surface area contributed by atoms with Gasteiger partial charge < -0.3 is 5.11 Å². The molecular weight excluding hydrogens is 286 g/mol. The van der Waals surface area contributed by atoms with Gasteiger partial charge in [0.1, 0.15) is 5.82 Å². The highest BCUT2D eigenvalue weighted by molar-refractivity contribution is 5.86. The fourth-order valence-electron chi connectivity index (χ4n) is 1.87. The summed E-state index contributed by atoms with van der Waals surface area (Å²) in [5, 5.41) is 9.05. The van der Waals surface area contributed by atoms with Crippen LogP contribution in [0.4, 0.5) is 26.3 Å². The van der Waals surface area contributed by atoms with Crippen LogP contribution in [0.5, 0.6) is 0 Å². The molecule has 1 atom stereocenters. The minimum absolute atomic E-state index is 0.137. The molecule has 2 rings (SSSR count). The molecule has 0 radical (unpaired) electrons. The average Bonchev–Trinajstić information content (AvgIpc) is 2.37. The van der Waals surface area contributed by atoms with Gasteiger partial charge in [-0.15, -0.1) is 0 Å². The number of halogens is 6. The summed E-state index contributed by atoms with van der Waals surface area (Å²) in [6, 6.07) is 6.62. The first kappa shape index (κ1) is 14.6. The molecular formula is C13H8F6O. The van der Waals surface area contributed by atoms with Gasteiger partial charge in [-0.1, -0.05) is 30.3 Å². The molecule has 0 aliphatic heterocycles. The maximum absolute atomic E-state index is 13.5. The summed E-state index contributed by atoms with van der Waals surface area (Å²) >= 11 is 0. The summed E-state index contributed by atoms with van der Waals surface area (Å²) in [4.78, 5) is 0. The maximum atomic E-state index is 13.5. The summed E-state index contributed by atoms with van der Waals surface area (Å²) < 4.78 is 76.6. The molecule has 0 aliphatic rings. The van der Waals surface area contributed by atoms with Crippen LogP contribution >= 0.6 is 0 Å². The first-order valence-electron chi connectivity index (χ1n) is 5.46. The lowest BCUT2D eigenvalue weighted by Gasteiger charge is -2.25. The quantitative estimate of drug-likeness (QED) is 0.823. The maximum Gasteiger partial charge on any atom is 0.456 e. The number of aliphatic hydroxyl groups is 1. The Balaban J connectivity index is 2.62. The highest BCUT2D eigenvalue weighted by atomic mass is 19.4. The summed E-state index contributed by atoms with van der Waals surface area (Å²) in [7, 11) is 0. The first-order chi connectivity index (χ1) is 9.16. The molecule has 2 aromatic carbocycles. The van der Waals surface area contributed by atoms with Crippen LogP contribution in [0.2, 0.25) is 0 Å². The van der Waals surface area contributed by atoms with E-state index in [4.69, 9.17) is 0 Å². The van der Waals surface area contributed by atoms with Crippen molar-refractivity contribution in [1.29, 1.82) is 0 Å². The summed E-state index contributed by atoms with van der Waals surface area (Å²) in [6.45, 7) is 0. The number of alkyl halides is 5. The highest BCUT2D eigenvalue weighted by Gasteiger charge is 2.62. The van der Waals surface area contributed by atoms with E-state index in [0.29, 0.717) is 0 Å². The first-order valence-corrected chi connectivity index (χ1v) is 5.46. The van der Waals surface area contributed by atoms with E-state index in [0.717, 1.165) is 12.1 Å². The molecule has 0 saturated heterocycles. The molecule has 1 unspecified atom stereocenters. The minimum atomic E-state index is -5.90. The van der Waals surface area contributed by atoms with Gasteiger partial charge in [0.15, 0.2) is 6.10 Å². The fraction of sp³-hybridized carbons (Fsp3) is 0.231. The Morgan fingerprint density at radius 2 is 1.40 bits per heavy atom. The summed E-state index contributed by atoms with van der Waals surface area (Å²) in [6.07, 6.45) is -9.00. The predicted octanol–water partition coefficient (Wildman–Crippen LogP) is 4.21. The molecule has 108 valence electrons. The lowest BCUT2D eigenvalue weighted by atomic mass is 9.96. The Morgan fingerprint density at radius 1 is 0.850 bits per heavy atom. The number of aliphatic hydroxyl groups excluding tert-OH is 1. The normalized spacial score (nSPS) is 14.6. The van der Waals surface area contributed by atoms with Crippen LogP contribution in [-0.4, -0.2) is 17.2 Å². The van der Waals surface area contributed by atoms with E-state index < -0.39 is 29.6 Å². The van der Waals surface area contributed by atoms with Crippen molar-refractivity contribution in [1.82, 2.24) is 0 Å². The molecule has 0 fully saturated rings. The zero-order chi connectivity index (χ0) is 15.1. The molecule has 0 bridgehead atoms. The molecule has 0 aromatic heterocycles. The van der Waals surface area contributed by atoms with Gasteiger partial charge in [-0.2, -0.15) is 22.0 Å². The van der Waals surface area contributed by atoms with Crippen LogP contribution in [0.1, 0.15) is 11.7 Å². The van der Waals surface area contributed by atoms with Gasteiger partial charge in [-0.25, -0.2) is 4.39 Å². The second-order valence-electron chi connectivity index (χ2n) is 4.21. The van der Waals surface area contributed by atoms with Crippen LogP contribution in [0.25, 0.3) is 10.8 Å². The Hall–Kier alpha value is -1.76. The Morgan fingerprint density at radius 3 is 1.95 bits per heavy atom. The monoisotopic (exact) mass is 294 g/mol. The number of hydrogen-bond acceptors (Lipinski definition) is 1. The zero-order valence-electron chi connectivity index (χ0n) is 9.76. The zero-order valence-corrected chi connectivity index (χ0v) is 9.76. The number of benzene rings is 2. The second kappa shape index (κ2) is 4.66. The lowest BCUT2D eigenvalue weighted by Crippen LogP contribution is -2.42. The van der Waals surface area contributed by atoms with Crippen LogP contribution < -0.4 is 0 Å². The van der Waals surface area contributed by atoms with Gasteiger partial charge in [0.25, 0.3) is 0 Å². The Bertz CT molecular complexity index is 634. The van der Waals surface area contributed by atoms with Crippen molar-refractivity contribution in [3.8, 4) is 0 Å². The van der Waals surface area contributed by atoms with Crippen LogP contribution in [0.15, 0.2) is 36.4 Å². The van der Waals surface area contributed by atoms with E-state index in [1.165, 1.54) is 24.3 Å². The summed E-state index contributed by atoms with van der Waals surface area (Å²) in [5.74, 6) is -6.10. The topological polar surface area (TPSA) is 20.2 Å². The molecule has 1 nitrogen and oxygen atoms in total. The number of hydrogen-bond donors (Lipinski definition) is 1. The second-order valence-corrected chi connectivity index (χ2v) is 4.21. The third-order valence-electron chi connectivity index (χ3n) is 2.92. The fourth-order valence-corrected chi connectivity index (χ4v) is 1.87. The van der Waals surface area contributed by atoms with Crippen molar-refractivity contribution in [2.24, 2.45) is 0 Å². The van der Waals surface area contributed by atoms with Crippen molar-refractivity contribution in [3.63, 3.8) is 0 Å². The van der Waals surface area contributed by atoms with Gasteiger partial charge in [-0.05, 0) is 17.0 Å². The number of rotatable bonds is 2. The molecule has 7 heteroatoms. The summed E-state index contributed by atoms with van der Waals surface area (Å²) in [5.41, 5.74) is -0.677. The highest BCUT2D eigenvalue weighted by Crippen LogP contribution is 2.45. The average molecular weight is 294 g/mol. The lowest BCUT2D eigenvalue weighted by molar-refractivity contribution is -0.314. The Labute approximate surface area is 109 Å². The van der Waals surface area contributed by atoms with E-state index in [1.807, 2.05) is 0 Å². The van der Waals surface area contributed by atoms with E-state index in [1.54, 1.807) is 0 Å². The molecule has 0 aliphatic carbocycles. The van der Waals surface area contributed by atoms with Crippen molar-refractivity contribution >= 4 is 10.8 Å². The smallest absolute Gasteiger partial charge is 0.382 e. The van der Waals surface area contributed by atoms with Crippen molar-refractivity contribution in [3.05, 3.63) is 47.8 Å². The van der Waals surface area contributed by atoms with Gasteiger partial charge >= 0.3 is 12.1 Å². The molecule has 2 aromatic rings. The predicted molar refractivity (Wildman–Crippen MR) is 59.9 cm³/mol. The molecule has 0 saturated carbocycles. The van der Waals surface area contributed by atoms with Crippen LogP contribution in [0.3, 0.4) is 0 Å². The molecule has 1 N–H and O–H groups in total. The SMILES string of the molecule is OC(c1ccc(F)c2ccccc12)C(F)(F)C(F)(F)F. The molecule has 0 amide bonds. The third kappa shape index (κ3) is 2.22. The van der Waals surface area contributed by atoms with E-state index in [2.05, 4.69) is 0 Å². The van der Waals surface area contributed by atoms with E-state index in [-0.39, 0.29) is 10.8 Å². The van der Waals surface area contributed by atoms with Gasteiger partial charge in [-0.3, -0.25) is 0 Å². The standard InChI is InChI=1S/C13H8F6O/c14-10-6-5-9(7-3-1-2-4-8(7)10)11(20)12(15,16)13(17,18)19/h1-6,11,20H. The van der Waals surface area contributed by atoms with Crippen molar-refractivity contribution in [2.45, 2.75) is 18.2 Å². The van der Waals surface area contributed by atoms with E-state index in [9.17, 15) is 31.4 Å². The van der Waals surface area contributed by atoms with Crippen molar-refractivity contribution in [2.75, 3.05) is 0 Å². The minimum Gasteiger partial charge on any atom is -0.382 e. The Kier molecular flexibility index (Phi) is 3.41. The molecule has 20 heavy (non-hydrogen) atoms. The van der Waals surface area contributed by atoms with Crippen LogP contribution in [-0.2, 0) is 0 Å². The van der Waals surface area contributed by atoms with Crippen molar-refractivity contribution < 1.29 is 31.4 Å². The number of fused-ring (bicyclic) bond motifs is 1. The van der Waals surface area contributed by atoms with Gasteiger partial charge in [0, 0.05) is 5.39 Å². The van der Waals surface area contributed by atoms with Crippen LogP contribution in [0, 0.1) is 5.82 Å². The van der Waals surface area contributed by atoms with Gasteiger partial charge in [0.05, 0.1) is 0 Å². The van der Waals surface area contributed by atoms with E-state index >= 15 is 0 Å². The largest absolute Gasteiger partial charge is 0.456 e. The molecule has 0 heterocycles. The third-order valence-corrected chi connectivity index (χ3v) is 2.92. The molecule has 0 spiro atoms. The van der Waals surface area contributed by atoms with Gasteiger partial charge in [0.2, 0.25) is 0 Å².